The molecule has 1 rings (SSSR count). The van der Waals surface area contributed by atoms with Crippen molar-refractivity contribution in [3.05, 3.63) is 33.2 Å². The van der Waals surface area contributed by atoms with Gasteiger partial charge in [0.15, 0.2) is 0 Å². The molecule has 0 fully saturated rings. The van der Waals surface area contributed by atoms with Gasteiger partial charge in [-0.05, 0) is 25.5 Å². The van der Waals surface area contributed by atoms with Crippen LogP contribution < -0.4 is 10.9 Å². The molecule has 1 aromatic heterocycles. The first kappa shape index (κ1) is 14.9. The smallest absolute Gasteiger partial charge is 0.329 e. The van der Waals surface area contributed by atoms with E-state index in [2.05, 4.69) is 10.3 Å². The van der Waals surface area contributed by atoms with Crippen LogP contribution in [0.3, 0.4) is 0 Å². The number of hydrogen-bond donors (Lipinski definition) is 3. The molecule has 7 nitrogen and oxygen atoms in total. The highest BCUT2D eigenvalue weighted by molar-refractivity contribution is 5.95. The molecule has 1 aromatic rings. The number of ether oxygens (including phenoxy) is 1. The third-order valence-corrected chi connectivity index (χ3v) is 2.35. The minimum Gasteiger partial charge on any atom is -0.480 e. The molecule has 0 aliphatic heterocycles. The van der Waals surface area contributed by atoms with E-state index in [0.717, 1.165) is 0 Å². The number of pyridine rings is 1. The number of aryl methyl sites for hydroxylation is 2. The van der Waals surface area contributed by atoms with E-state index < -0.39 is 24.0 Å². The Kier molecular flexibility index (Phi) is 5.25. The monoisotopic (exact) mass is 268 g/mol. The van der Waals surface area contributed by atoms with Crippen LogP contribution in [0.4, 0.5) is 0 Å². The van der Waals surface area contributed by atoms with Gasteiger partial charge < -0.3 is 20.1 Å². The number of nitrogens with one attached hydrogen (secondary N) is 2. The van der Waals surface area contributed by atoms with Gasteiger partial charge in [0, 0.05) is 12.2 Å². The van der Waals surface area contributed by atoms with Gasteiger partial charge in [0.25, 0.3) is 11.5 Å². The molecule has 0 aliphatic rings. The number of amides is 1. The number of aromatic amines is 1. The highest BCUT2D eigenvalue weighted by atomic mass is 16.5. The molecule has 0 unspecified atom stereocenters. The molecule has 0 spiro atoms. The number of carbonyl (C=O) groups excluding carboxylic acids is 1. The van der Waals surface area contributed by atoms with E-state index >= 15 is 0 Å². The summed E-state index contributed by atoms with van der Waals surface area (Å²) in [5, 5.41) is 10.8. The lowest BCUT2D eigenvalue weighted by atomic mass is 10.1. The molecule has 0 saturated heterocycles. The van der Waals surface area contributed by atoms with Gasteiger partial charge in [-0.3, -0.25) is 9.59 Å². The zero-order chi connectivity index (χ0) is 14.4. The number of carbonyl (C=O) groups is 2. The molecule has 0 aromatic carbocycles. The zero-order valence-electron chi connectivity index (χ0n) is 10.8. The van der Waals surface area contributed by atoms with Crippen LogP contribution in [0.5, 0.6) is 0 Å². The van der Waals surface area contributed by atoms with E-state index in [0.29, 0.717) is 11.3 Å². The Balaban J connectivity index is 2.55. The molecule has 19 heavy (non-hydrogen) atoms. The van der Waals surface area contributed by atoms with Gasteiger partial charge in [-0.1, -0.05) is 0 Å². The SMILES string of the molecule is Cc1cc(C)c(C(=O)NCCOCC(=O)O)c(=O)[nH]1. The first-order chi connectivity index (χ1) is 8.91. The predicted molar refractivity (Wildman–Crippen MR) is 67.3 cm³/mol. The van der Waals surface area contributed by atoms with Crippen molar-refractivity contribution in [3.8, 4) is 0 Å². The Morgan fingerprint density at radius 1 is 1.42 bits per heavy atom. The minimum atomic E-state index is -1.07. The molecule has 0 saturated carbocycles. The van der Waals surface area contributed by atoms with Crippen molar-refractivity contribution in [3.63, 3.8) is 0 Å². The van der Waals surface area contributed by atoms with Crippen LogP contribution in [-0.2, 0) is 9.53 Å². The van der Waals surface area contributed by atoms with Crippen molar-refractivity contribution >= 4 is 11.9 Å². The fraction of sp³-hybridized carbons (Fsp3) is 0.417. The maximum Gasteiger partial charge on any atom is 0.329 e. The van der Waals surface area contributed by atoms with Crippen molar-refractivity contribution < 1.29 is 19.4 Å². The number of carboxylic acids is 1. The van der Waals surface area contributed by atoms with Gasteiger partial charge in [-0.2, -0.15) is 0 Å². The highest BCUT2D eigenvalue weighted by Crippen LogP contribution is 2.02. The highest BCUT2D eigenvalue weighted by Gasteiger charge is 2.13. The van der Waals surface area contributed by atoms with E-state index in [1.807, 2.05) is 0 Å². The van der Waals surface area contributed by atoms with Gasteiger partial charge in [0.05, 0.1) is 6.61 Å². The lowest BCUT2D eigenvalue weighted by Crippen LogP contribution is -2.33. The van der Waals surface area contributed by atoms with Gasteiger partial charge in [-0.15, -0.1) is 0 Å². The third kappa shape index (κ3) is 4.55. The lowest BCUT2D eigenvalue weighted by molar-refractivity contribution is -0.142. The van der Waals surface area contributed by atoms with Crippen molar-refractivity contribution in [2.45, 2.75) is 13.8 Å². The summed E-state index contributed by atoms with van der Waals surface area (Å²) in [6.45, 7) is 3.20. The van der Waals surface area contributed by atoms with E-state index in [1.165, 1.54) is 0 Å². The van der Waals surface area contributed by atoms with Crippen molar-refractivity contribution in [1.82, 2.24) is 10.3 Å². The Bertz CT molecular complexity index is 535. The van der Waals surface area contributed by atoms with Gasteiger partial charge >= 0.3 is 5.97 Å². The van der Waals surface area contributed by atoms with Gasteiger partial charge in [0.1, 0.15) is 12.2 Å². The quantitative estimate of drug-likeness (QED) is 0.620. The summed E-state index contributed by atoms with van der Waals surface area (Å²) in [7, 11) is 0. The maximum absolute atomic E-state index is 11.8. The summed E-state index contributed by atoms with van der Waals surface area (Å²) >= 11 is 0. The third-order valence-electron chi connectivity index (χ3n) is 2.35. The lowest BCUT2D eigenvalue weighted by Gasteiger charge is -2.07. The van der Waals surface area contributed by atoms with Crippen LogP contribution in [0.1, 0.15) is 21.6 Å². The van der Waals surface area contributed by atoms with Crippen molar-refractivity contribution in [2.24, 2.45) is 0 Å². The standard InChI is InChI=1S/C12H16N2O5/c1-7-5-8(2)14-12(18)10(7)11(17)13-3-4-19-6-9(15)16/h5H,3-4,6H2,1-2H3,(H,13,17)(H,14,18)(H,15,16). The topological polar surface area (TPSA) is 108 Å². The van der Waals surface area contributed by atoms with E-state index in [-0.39, 0.29) is 18.7 Å². The Morgan fingerprint density at radius 3 is 2.68 bits per heavy atom. The molecule has 1 heterocycles. The molecule has 0 radical (unpaired) electrons. The largest absolute Gasteiger partial charge is 0.480 e. The molecule has 3 N–H and O–H groups in total. The normalized spacial score (nSPS) is 10.2. The van der Waals surface area contributed by atoms with Crippen LogP contribution in [0.15, 0.2) is 10.9 Å². The average molecular weight is 268 g/mol. The predicted octanol–water partition coefficient (Wildman–Crippen LogP) is -0.177. The number of carboxylic acid groups (broad SMARTS) is 1. The van der Waals surface area contributed by atoms with E-state index in [4.69, 9.17) is 9.84 Å². The number of rotatable bonds is 6. The Morgan fingerprint density at radius 2 is 2.11 bits per heavy atom. The first-order valence-corrected chi connectivity index (χ1v) is 5.70. The molecule has 0 aliphatic carbocycles. The average Bonchev–Trinajstić information content (AvgIpc) is 2.26. The molecule has 0 atom stereocenters. The first-order valence-electron chi connectivity index (χ1n) is 5.70. The molecule has 7 heteroatoms. The zero-order valence-corrected chi connectivity index (χ0v) is 10.8. The van der Waals surface area contributed by atoms with E-state index in [9.17, 15) is 14.4 Å². The molecule has 0 bridgehead atoms. The fourth-order valence-electron chi connectivity index (χ4n) is 1.62. The van der Waals surface area contributed by atoms with Crippen molar-refractivity contribution in [1.29, 1.82) is 0 Å². The van der Waals surface area contributed by atoms with Crippen LogP contribution in [-0.4, -0.2) is 41.7 Å². The second-order valence-corrected chi connectivity index (χ2v) is 4.04. The van der Waals surface area contributed by atoms with Crippen molar-refractivity contribution in [2.75, 3.05) is 19.8 Å². The van der Waals surface area contributed by atoms with Crippen LogP contribution in [0.2, 0.25) is 0 Å². The number of aromatic nitrogens is 1. The second kappa shape index (κ2) is 6.69. The molecule has 1 amide bonds. The van der Waals surface area contributed by atoms with Crippen LogP contribution in [0.25, 0.3) is 0 Å². The molecule has 104 valence electrons. The Hall–Kier alpha value is -2.15. The summed E-state index contributed by atoms with van der Waals surface area (Å²) in [4.78, 5) is 36.2. The van der Waals surface area contributed by atoms with Crippen LogP contribution in [0, 0.1) is 13.8 Å². The summed E-state index contributed by atoms with van der Waals surface area (Å²) in [6, 6.07) is 1.71. The fourth-order valence-corrected chi connectivity index (χ4v) is 1.62. The Labute approximate surface area is 109 Å². The van der Waals surface area contributed by atoms with E-state index in [1.54, 1.807) is 19.9 Å². The molecular weight excluding hydrogens is 252 g/mol. The molecular formula is C12H16N2O5. The second-order valence-electron chi connectivity index (χ2n) is 4.04. The van der Waals surface area contributed by atoms with Crippen LogP contribution >= 0.6 is 0 Å². The summed E-state index contributed by atoms with van der Waals surface area (Å²) in [5.41, 5.74) is 0.888. The summed E-state index contributed by atoms with van der Waals surface area (Å²) < 4.78 is 4.76. The number of aliphatic carboxylic acids is 1. The van der Waals surface area contributed by atoms with Gasteiger partial charge in [0.2, 0.25) is 0 Å². The minimum absolute atomic E-state index is 0.0591. The summed E-state index contributed by atoms with van der Waals surface area (Å²) in [5.74, 6) is -1.57. The van der Waals surface area contributed by atoms with Gasteiger partial charge in [-0.25, -0.2) is 4.79 Å². The number of H-pyrrole nitrogens is 1. The summed E-state index contributed by atoms with van der Waals surface area (Å²) in [6.07, 6.45) is 0. The number of hydrogen-bond acceptors (Lipinski definition) is 4. The maximum atomic E-state index is 11.8.